The first-order chi connectivity index (χ1) is 12.1. The molecule has 2 rings (SSSR count). The van der Waals surface area contributed by atoms with Gasteiger partial charge in [-0.3, -0.25) is 9.59 Å². The average molecular weight is 361 g/mol. The smallest absolute Gasteiger partial charge is 0.229 e. The molecule has 0 atom stereocenters. The van der Waals surface area contributed by atoms with Gasteiger partial charge < -0.3 is 15.4 Å². The van der Waals surface area contributed by atoms with E-state index >= 15 is 0 Å². The van der Waals surface area contributed by atoms with Gasteiger partial charge in [-0.2, -0.15) is 0 Å². The topological polar surface area (TPSA) is 67.4 Å². The lowest BCUT2D eigenvalue weighted by molar-refractivity contribution is -0.129. The van der Waals surface area contributed by atoms with E-state index in [9.17, 15) is 9.59 Å². The highest BCUT2D eigenvalue weighted by molar-refractivity contribution is 6.30. The van der Waals surface area contributed by atoms with Crippen LogP contribution in [-0.2, 0) is 22.6 Å². The van der Waals surface area contributed by atoms with Crippen LogP contribution < -0.4 is 15.4 Å². The molecule has 0 bridgehead atoms. The van der Waals surface area contributed by atoms with E-state index in [2.05, 4.69) is 10.6 Å². The highest BCUT2D eigenvalue weighted by atomic mass is 35.5. The van der Waals surface area contributed by atoms with Crippen LogP contribution in [0.1, 0.15) is 17.5 Å². The van der Waals surface area contributed by atoms with Gasteiger partial charge in [-0.1, -0.05) is 35.9 Å². The standard InChI is InChI=1S/C19H21ClN2O3/c1-25-17-8-4-14(5-9-17)10-11-21-18(23)12-19(24)22-13-15-2-6-16(20)7-3-15/h2-9H,10-13H2,1H3,(H,21,23)(H,22,24). The van der Waals surface area contributed by atoms with Crippen LogP contribution in [0.15, 0.2) is 48.5 Å². The van der Waals surface area contributed by atoms with Crippen molar-refractivity contribution < 1.29 is 14.3 Å². The number of amides is 2. The zero-order valence-electron chi connectivity index (χ0n) is 14.0. The number of carbonyl (C=O) groups is 2. The molecule has 0 spiro atoms. The van der Waals surface area contributed by atoms with Crippen molar-refractivity contribution in [1.29, 1.82) is 0 Å². The number of rotatable bonds is 8. The predicted octanol–water partition coefficient (Wildman–Crippen LogP) is 2.71. The summed E-state index contributed by atoms with van der Waals surface area (Å²) in [6.45, 7) is 0.852. The predicted molar refractivity (Wildman–Crippen MR) is 97.6 cm³/mol. The Morgan fingerprint density at radius 1 is 0.920 bits per heavy atom. The first-order valence-electron chi connectivity index (χ1n) is 7.97. The monoisotopic (exact) mass is 360 g/mol. The minimum atomic E-state index is -0.308. The normalized spacial score (nSPS) is 10.2. The first-order valence-corrected chi connectivity index (χ1v) is 8.35. The fourth-order valence-electron chi connectivity index (χ4n) is 2.21. The van der Waals surface area contributed by atoms with Gasteiger partial charge in [-0.15, -0.1) is 0 Å². The Labute approximate surface area is 152 Å². The second-order valence-corrected chi connectivity index (χ2v) is 5.96. The number of nitrogens with one attached hydrogen (secondary N) is 2. The Kier molecular flexibility index (Phi) is 7.29. The highest BCUT2D eigenvalue weighted by Gasteiger charge is 2.08. The maximum Gasteiger partial charge on any atom is 0.229 e. The Hall–Kier alpha value is -2.53. The van der Waals surface area contributed by atoms with Crippen LogP contribution in [0.25, 0.3) is 0 Å². The molecule has 5 nitrogen and oxygen atoms in total. The van der Waals surface area contributed by atoms with Gasteiger partial charge in [0.05, 0.1) is 7.11 Å². The average Bonchev–Trinajstić information content (AvgIpc) is 2.62. The molecule has 0 heterocycles. The molecule has 2 amide bonds. The van der Waals surface area contributed by atoms with E-state index in [0.29, 0.717) is 24.5 Å². The van der Waals surface area contributed by atoms with Gasteiger partial charge in [0.15, 0.2) is 0 Å². The van der Waals surface area contributed by atoms with E-state index in [1.54, 1.807) is 19.2 Å². The van der Waals surface area contributed by atoms with E-state index in [0.717, 1.165) is 16.9 Å². The second-order valence-electron chi connectivity index (χ2n) is 5.53. The zero-order valence-corrected chi connectivity index (χ0v) is 14.8. The first kappa shape index (κ1) is 18.8. The molecular formula is C19H21ClN2O3. The van der Waals surface area contributed by atoms with Crippen LogP contribution in [0, 0.1) is 0 Å². The van der Waals surface area contributed by atoms with Gasteiger partial charge in [-0.05, 0) is 41.8 Å². The molecule has 2 aromatic carbocycles. The van der Waals surface area contributed by atoms with Gasteiger partial charge in [0.2, 0.25) is 11.8 Å². The minimum Gasteiger partial charge on any atom is -0.497 e. The van der Waals surface area contributed by atoms with Gasteiger partial charge in [-0.25, -0.2) is 0 Å². The van der Waals surface area contributed by atoms with Crippen LogP contribution >= 0.6 is 11.6 Å². The van der Waals surface area contributed by atoms with Crippen molar-refractivity contribution in [2.24, 2.45) is 0 Å². The minimum absolute atomic E-state index is 0.184. The molecule has 0 fully saturated rings. The van der Waals surface area contributed by atoms with Crippen LogP contribution in [0.3, 0.4) is 0 Å². The molecule has 2 aromatic rings. The molecule has 132 valence electrons. The maximum atomic E-state index is 11.8. The molecule has 6 heteroatoms. The molecule has 0 unspecified atom stereocenters. The summed E-state index contributed by atoms with van der Waals surface area (Å²) >= 11 is 5.80. The molecule has 0 saturated heterocycles. The number of hydrogen-bond donors (Lipinski definition) is 2. The lowest BCUT2D eigenvalue weighted by atomic mass is 10.1. The third kappa shape index (κ3) is 6.85. The highest BCUT2D eigenvalue weighted by Crippen LogP contribution is 2.11. The van der Waals surface area contributed by atoms with Crippen molar-refractivity contribution >= 4 is 23.4 Å². The van der Waals surface area contributed by atoms with Crippen LogP contribution in [0.2, 0.25) is 5.02 Å². The lowest BCUT2D eigenvalue weighted by Gasteiger charge is -2.07. The number of carbonyl (C=O) groups excluding carboxylic acids is 2. The van der Waals surface area contributed by atoms with Crippen molar-refractivity contribution in [2.75, 3.05) is 13.7 Å². The van der Waals surface area contributed by atoms with Crippen LogP contribution in [-0.4, -0.2) is 25.5 Å². The number of ether oxygens (including phenoxy) is 1. The molecule has 0 aromatic heterocycles. The van der Waals surface area contributed by atoms with Gasteiger partial charge in [0, 0.05) is 18.1 Å². The summed E-state index contributed by atoms with van der Waals surface area (Å²) in [6.07, 6.45) is 0.512. The Bertz CT molecular complexity index is 700. The molecule has 0 aliphatic carbocycles. The summed E-state index contributed by atoms with van der Waals surface area (Å²) in [5.41, 5.74) is 2.02. The van der Waals surface area contributed by atoms with E-state index in [-0.39, 0.29) is 18.2 Å². The third-order valence-corrected chi connectivity index (χ3v) is 3.87. The quantitative estimate of drug-likeness (QED) is 0.711. The molecule has 0 aliphatic rings. The summed E-state index contributed by atoms with van der Waals surface area (Å²) in [6, 6.07) is 14.8. The maximum absolute atomic E-state index is 11.8. The number of benzene rings is 2. The van der Waals surface area contributed by atoms with E-state index in [4.69, 9.17) is 16.3 Å². The Morgan fingerprint density at radius 2 is 1.52 bits per heavy atom. The number of methoxy groups -OCH3 is 1. The summed E-state index contributed by atoms with van der Waals surface area (Å²) in [7, 11) is 1.62. The zero-order chi connectivity index (χ0) is 18.1. The molecule has 25 heavy (non-hydrogen) atoms. The van der Waals surface area contributed by atoms with Gasteiger partial charge >= 0.3 is 0 Å². The van der Waals surface area contributed by atoms with Crippen molar-refractivity contribution in [2.45, 2.75) is 19.4 Å². The molecule has 2 N–H and O–H groups in total. The van der Waals surface area contributed by atoms with E-state index in [1.165, 1.54) is 0 Å². The third-order valence-electron chi connectivity index (χ3n) is 3.62. The number of hydrogen-bond acceptors (Lipinski definition) is 3. The Morgan fingerprint density at radius 3 is 2.16 bits per heavy atom. The summed E-state index contributed by atoms with van der Waals surface area (Å²) in [4.78, 5) is 23.6. The fourth-order valence-corrected chi connectivity index (χ4v) is 2.34. The fraction of sp³-hybridized carbons (Fsp3) is 0.263. The van der Waals surface area contributed by atoms with Crippen LogP contribution in [0.4, 0.5) is 0 Å². The summed E-state index contributed by atoms with van der Waals surface area (Å²) in [5, 5.41) is 6.11. The van der Waals surface area contributed by atoms with Crippen LogP contribution in [0.5, 0.6) is 5.75 Å². The molecule has 0 radical (unpaired) electrons. The van der Waals surface area contributed by atoms with Gasteiger partial charge in [0.1, 0.15) is 12.2 Å². The van der Waals surface area contributed by atoms with E-state index in [1.807, 2.05) is 36.4 Å². The Balaban J connectivity index is 1.65. The molecule has 0 saturated carbocycles. The van der Waals surface area contributed by atoms with Crippen molar-refractivity contribution in [1.82, 2.24) is 10.6 Å². The van der Waals surface area contributed by atoms with Crippen molar-refractivity contribution in [3.05, 3.63) is 64.7 Å². The van der Waals surface area contributed by atoms with E-state index < -0.39 is 0 Å². The summed E-state index contributed by atoms with van der Waals surface area (Å²) < 4.78 is 5.10. The lowest BCUT2D eigenvalue weighted by Crippen LogP contribution is -2.32. The number of halogens is 1. The second kappa shape index (κ2) is 9.69. The SMILES string of the molecule is COc1ccc(CCNC(=O)CC(=O)NCc2ccc(Cl)cc2)cc1. The van der Waals surface area contributed by atoms with Gasteiger partial charge in [0.25, 0.3) is 0 Å². The molecule has 0 aliphatic heterocycles. The van der Waals surface area contributed by atoms with Crippen molar-refractivity contribution in [3.63, 3.8) is 0 Å². The summed E-state index contributed by atoms with van der Waals surface area (Å²) in [5.74, 6) is 0.198. The van der Waals surface area contributed by atoms with Crippen molar-refractivity contribution in [3.8, 4) is 5.75 Å². The molecular weight excluding hydrogens is 340 g/mol. The largest absolute Gasteiger partial charge is 0.497 e.